The van der Waals surface area contributed by atoms with E-state index in [2.05, 4.69) is 47.7 Å². The fourth-order valence-electron chi connectivity index (χ4n) is 14.7. The van der Waals surface area contributed by atoms with Gasteiger partial charge in [-0.25, -0.2) is 14.4 Å². The van der Waals surface area contributed by atoms with E-state index in [4.69, 9.17) is 9.97 Å². The number of likely N-dealkylation sites (tertiary alicyclic amines) is 3. The number of rotatable bonds is 13. The molecular weight excluding hydrogens is 1060 g/mol. The molecule has 0 radical (unpaired) electrons. The summed E-state index contributed by atoms with van der Waals surface area (Å²) < 4.78 is 17.9. The van der Waals surface area contributed by atoms with Crippen LogP contribution in [0.15, 0.2) is 60.9 Å². The number of fused-ring (bicyclic) bond motifs is 4. The van der Waals surface area contributed by atoms with Gasteiger partial charge >= 0.3 is 0 Å². The largest absolute Gasteiger partial charge is 0.371 e. The third-order valence-corrected chi connectivity index (χ3v) is 19.2. The number of amides is 7. The number of aromatic nitrogens is 3. The topological polar surface area (TPSA) is 206 Å². The number of anilines is 4. The van der Waals surface area contributed by atoms with Crippen LogP contribution in [0.3, 0.4) is 0 Å². The van der Waals surface area contributed by atoms with Gasteiger partial charge in [-0.15, -0.1) is 0 Å². The highest BCUT2D eigenvalue weighted by Gasteiger charge is 2.56. The zero-order valence-electron chi connectivity index (χ0n) is 48.0. The molecule has 83 heavy (non-hydrogen) atoms. The smallest absolute Gasteiger partial charge is 0.264 e. The molecule has 19 nitrogen and oxygen atoms in total. The van der Waals surface area contributed by atoms with Gasteiger partial charge in [0.1, 0.15) is 17.4 Å². The van der Waals surface area contributed by atoms with Crippen molar-refractivity contribution >= 4 is 75.3 Å². The number of aryl methyl sites for hydroxylation is 1. The molecule has 6 fully saturated rings. The van der Waals surface area contributed by atoms with Crippen LogP contribution in [0.5, 0.6) is 0 Å². The van der Waals surface area contributed by atoms with E-state index < -0.39 is 40.9 Å². The Hall–Kier alpha value is -7.58. The predicted molar refractivity (Wildman–Crippen MR) is 311 cm³/mol. The van der Waals surface area contributed by atoms with Gasteiger partial charge in [-0.1, -0.05) is 24.6 Å². The molecule has 1 spiro atoms. The minimum Gasteiger partial charge on any atom is -0.371 e. The van der Waals surface area contributed by atoms with Crippen LogP contribution in [0.2, 0.25) is 0 Å². The number of halogens is 1. The summed E-state index contributed by atoms with van der Waals surface area (Å²) in [7, 11) is 0. The van der Waals surface area contributed by atoms with Gasteiger partial charge in [0, 0.05) is 93.2 Å². The molecule has 5 aromatic rings. The number of nitrogens with zero attached hydrogens (tertiary/aromatic N) is 9. The molecule has 7 aliphatic heterocycles. The van der Waals surface area contributed by atoms with Gasteiger partial charge in [-0.3, -0.25) is 43.8 Å². The second kappa shape index (κ2) is 21.2. The van der Waals surface area contributed by atoms with E-state index in [9.17, 15) is 28.8 Å². The van der Waals surface area contributed by atoms with Gasteiger partial charge in [0.2, 0.25) is 23.6 Å². The Morgan fingerprint density at radius 3 is 2.34 bits per heavy atom. The van der Waals surface area contributed by atoms with E-state index in [0.29, 0.717) is 103 Å². The number of hydrogen-bond acceptors (Lipinski definition) is 13. The maximum absolute atomic E-state index is 16.0. The van der Waals surface area contributed by atoms with Gasteiger partial charge in [-0.2, -0.15) is 0 Å². The fourth-order valence-corrected chi connectivity index (χ4v) is 14.7. The monoisotopic (exact) mass is 1130 g/mol. The SMILES string of the molecule is Cc1cc(F)c(Nc2nc(-c3ccc4c(c3)N([C@H]3C[C@@H](N5CCCCC5)C3)C(=O)C43CCN(C(=O)C4CN(CC5CCN(c6cccc7c6C(=O)N(C6CCC(=O)NC6=O)C7=O)C5)C4)CC3)cc3ncn(C(C)C)c23)cc1C(=O)NC(C)C. The Kier molecular flexibility index (Phi) is 14.0. The minimum atomic E-state index is -1.03. The summed E-state index contributed by atoms with van der Waals surface area (Å²) in [6.45, 7) is 16.2. The van der Waals surface area contributed by atoms with E-state index in [-0.39, 0.29) is 71.8 Å². The number of nitrogens with one attached hydrogen (secondary N) is 3. The highest BCUT2D eigenvalue weighted by Crippen LogP contribution is 2.53. The third kappa shape index (κ3) is 9.53. The van der Waals surface area contributed by atoms with E-state index in [1.54, 1.807) is 25.4 Å². The fraction of sp³-hybridized carbons (Fsp3) is 0.508. The number of benzene rings is 3. The molecule has 8 aliphatic rings. The van der Waals surface area contributed by atoms with E-state index in [0.717, 1.165) is 60.6 Å². The second-order valence-electron chi connectivity index (χ2n) is 25.2. The molecule has 2 atom stereocenters. The van der Waals surface area contributed by atoms with Crippen LogP contribution < -0.4 is 25.8 Å². The molecule has 20 heteroatoms. The molecule has 5 saturated heterocycles. The Bertz CT molecular complexity index is 3520. The van der Waals surface area contributed by atoms with Crippen LogP contribution in [-0.2, 0) is 24.6 Å². The van der Waals surface area contributed by atoms with Crippen LogP contribution in [0.4, 0.5) is 27.3 Å². The number of hydrogen-bond donors (Lipinski definition) is 3. The molecule has 2 unspecified atom stereocenters. The van der Waals surface area contributed by atoms with Gasteiger partial charge in [0.15, 0.2) is 5.82 Å². The first-order chi connectivity index (χ1) is 39.9. The lowest BCUT2D eigenvalue weighted by molar-refractivity contribution is -0.144. The van der Waals surface area contributed by atoms with Crippen molar-refractivity contribution in [1.29, 1.82) is 0 Å². The Balaban J connectivity index is 0.706. The average Bonchev–Trinajstić information content (AvgIpc) is 2.04. The molecule has 13 rings (SSSR count). The van der Waals surface area contributed by atoms with Gasteiger partial charge in [-0.05, 0) is 153 Å². The molecule has 3 aromatic carbocycles. The van der Waals surface area contributed by atoms with Crippen LogP contribution in [0.1, 0.15) is 140 Å². The first kappa shape index (κ1) is 54.7. The van der Waals surface area contributed by atoms with Gasteiger partial charge < -0.3 is 39.7 Å². The summed E-state index contributed by atoms with van der Waals surface area (Å²) in [6, 6.07) is 15.7. The molecule has 1 saturated carbocycles. The van der Waals surface area contributed by atoms with Crippen molar-refractivity contribution in [3.63, 3.8) is 0 Å². The number of carbonyl (C=O) groups excluding carboxylic acids is 7. The van der Waals surface area contributed by atoms with Crippen molar-refractivity contribution in [2.24, 2.45) is 11.8 Å². The Morgan fingerprint density at radius 2 is 1.60 bits per heavy atom. The van der Waals surface area contributed by atoms with Gasteiger partial charge in [0.05, 0.1) is 51.4 Å². The molecule has 2 aromatic heterocycles. The Labute approximate surface area is 482 Å². The van der Waals surface area contributed by atoms with Crippen molar-refractivity contribution in [2.75, 3.05) is 74.0 Å². The summed E-state index contributed by atoms with van der Waals surface area (Å²) >= 11 is 0. The van der Waals surface area contributed by atoms with Crippen molar-refractivity contribution in [2.45, 2.75) is 134 Å². The number of pyridine rings is 1. The number of carbonyl (C=O) groups is 7. The zero-order chi connectivity index (χ0) is 57.7. The predicted octanol–water partition coefficient (Wildman–Crippen LogP) is 7.09. The number of piperidine rings is 3. The molecule has 434 valence electrons. The second-order valence-corrected chi connectivity index (χ2v) is 25.2. The normalized spacial score (nSPS) is 23.8. The van der Waals surface area contributed by atoms with Gasteiger partial charge in [0.25, 0.3) is 17.7 Å². The molecule has 9 heterocycles. The van der Waals surface area contributed by atoms with Crippen LogP contribution in [0.25, 0.3) is 22.3 Å². The van der Waals surface area contributed by atoms with Crippen LogP contribution >= 0.6 is 0 Å². The minimum absolute atomic E-state index is 0.00890. The zero-order valence-corrected chi connectivity index (χ0v) is 48.0. The first-order valence-corrected chi connectivity index (χ1v) is 30.0. The van der Waals surface area contributed by atoms with Crippen molar-refractivity contribution in [1.82, 2.24) is 44.8 Å². The first-order valence-electron chi connectivity index (χ1n) is 30.0. The van der Waals surface area contributed by atoms with Crippen molar-refractivity contribution in [3.8, 4) is 11.3 Å². The number of imidazole rings is 1. The summed E-state index contributed by atoms with van der Waals surface area (Å²) in [6.07, 6.45) is 9.29. The van der Waals surface area contributed by atoms with Crippen molar-refractivity contribution < 1.29 is 38.0 Å². The standard InChI is InChI=1S/C63H73FN12O7/c1-35(2)66-57(78)44-28-48(46(64)24-37(44)5)68-56-55-49(65-34-74(55)36(3)4)29-47(67-56)39-12-13-45-52(25-39)75(42-26-41(27-42)71-19-7-6-8-20-71)62(83)63(45)17-22-72(23-18-63)59(80)40-32-70(33-40)30-38-16-21-73(31-38)50-11-9-10-43-54(50)61(82)76(60(43)81)51-14-15-53(77)69-58(51)79/h9-13,24-25,28-29,34-36,38,40-42,51H,6-8,14-23,26-27,30-33H2,1-5H3,(H,66,78)(H,67,68)(H,69,77,79)/t38?,41-,42+,51?. The highest BCUT2D eigenvalue weighted by atomic mass is 19.1. The number of imide groups is 2. The lowest BCUT2D eigenvalue weighted by Crippen LogP contribution is -2.60. The van der Waals surface area contributed by atoms with E-state index in [1.807, 2.05) is 55.4 Å². The molecule has 0 bridgehead atoms. The summed E-state index contributed by atoms with van der Waals surface area (Å²) in [4.78, 5) is 117. The molecule has 1 aliphatic carbocycles. The van der Waals surface area contributed by atoms with E-state index in [1.165, 1.54) is 31.4 Å². The maximum atomic E-state index is 16.0. The van der Waals surface area contributed by atoms with Crippen LogP contribution in [-0.4, -0.2) is 159 Å². The summed E-state index contributed by atoms with van der Waals surface area (Å²) in [5.74, 6) is -2.13. The maximum Gasteiger partial charge on any atom is 0.264 e. The Morgan fingerprint density at radius 1 is 0.831 bits per heavy atom. The lowest BCUT2D eigenvalue weighted by Gasteiger charge is -2.48. The lowest BCUT2D eigenvalue weighted by atomic mass is 9.73. The molecule has 3 N–H and O–H groups in total. The highest BCUT2D eigenvalue weighted by molar-refractivity contribution is 6.25. The van der Waals surface area contributed by atoms with Crippen molar-refractivity contribution in [3.05, 3.63) is 94.6 Å². The molecular formula is C63H73FN12O7. The summed E-state index contributed by atoms with van der Waals surface area (Å²) in [5.41, 5.74) is 6.06. The summed E-state index contributed by atoms with van der Waals surface area (Å²) in [5, 5.41) is 8.47. The van der Waals surface area contributed by atoms with E-state index >= 15 is 9.18 Å². The molecule has 7 amide bonds. The van der Waals surface area contributed by atoms with Crippen LogP contribution in [0, 0.1) is 24.6 Å². The average molecular weight is 1130 g/mol. The quantitative estimate of drug-likeness (QED) is 0.101. The third-order valence-electron chi connectivity index (χ3n) is 19.2.